The molecule has 24 heavy (non-hydrogen) atoms. The molecule has 1 aromatic carbocycles. The molecule has 2 unspecified atom stereocenters. The Balaban J connectivity index is 1.43. The zero-order chi connectivity index (χ0) is 16.8. The van der Waals surface area contributed by atoms with Crippen molar-refractivity contribution in [2.45, 2.75) is 25.8 Å². The Hall–Kier alpha value is -2.43. The third kappa shape index (κ3) is 2.27. The van der Waals surface area contributed by atoms with E-state index in [4.69, 9.17) is 0 Å². The van der Waals surface area contributed by atoms with Gasteiger partial charge >= 0.3 is 0 Å². The summed E-state index contributed by atoms with van der Waals surface area (Å²) >= 11 is 0. The molecule has 2 atom stereocenters. The van der Waals surface area contributed by atoms with Gasteiger partial charge in [-0.15, -0.1) is 0 Å². The second kappa shape index (κ2) is 5.58. The number of imide groups is 1. The first-order valence-electron chi connectivity index (χ1n) is 8.44. The van der Waals surface area contributed by atoms with Crippen LogP contribution >= 0.6 is 0 Å². The number of carbonyl (C=O) groups is 3. The first-order chi connectivity index (χ1) is 11.6. The smallest absolute Gasteiger partial charge is 0.254 e. The summed E-state index contributed by atoms with van der Waals surface area (Å²) in [5.41, 5.74) is 1.70. The lowest BCUT2D eigenvalue weighted by molar-refractivity contribution is -0.145. The minimum atomic E-state index is -0.191. The van der Waals surface area contributed by atoms with E-state index in [9.17, 15) is 14.4 Å². The summed E-state index contributed by atoms with van der Waals surface area (Å²) in [6, 6.07) is 7.32. The molecule has 1 aromatic rings. The second-order valence-electron chi connectivity index (χ2n) is 6.94. The van der Waals surface area contributed by atoms with Gasteiger partial charge in [-0.25, -0.2) is 0 Å². The molecule has 5 nitrogen and oxygen atoms in total. The van der Waals surface area contributed by atoms with Crippen LogP contribution in [0, 0.1) is 18.8 Å². The van der Waals surface area contributed by atoms with E-state index in [0.29, 0.717) is 31.5 Å². The highest BCUT2D eigenvalue weighted by Gasteiger charge is 2.52. The Morgan fingerprint density at radius 3 is 2.25 bits per heavy atom. The molecule has 2 fully saturated rings. The number of hydrogen-bond acceptors (Lipinski definition) is 3. The van der Waals surface area contributed by atoms with Crippen LogP contribution in [0.5, 0.6) is 0 Å². The molecular weight excluding hydrogens is 304 g/mol. The standard InChI is InChI=1S/C19H20N2O3/c1-12-5-4-6-13(9-12)17(22)20-10-14(11-20)21-18(23)15-7-2-3-8-16(15)19(21)24/h2-6,9,14-16H,7-8,10-11H2,1H3. The van der Waals surface area contributed by atoms with Crippen molar-refractivity contribution in [1.82, 2.24) is 9.80 Å². The summed E-state index contributed by atoms with van der Waals surface area (Å²) in [6.07, 6.45) is 5.29. The van der Waals surface area contributed by atoms with E-state index < -0.39 is 0 Å². The van der Waals surface area contributed by atoms with Crippen molar-refractivity contribution in [3.63, 3.8) is 0 Å². The molecule has 124 valence electrons. The maximum Gasteiger partial charge on any atom is 0.254 e. The third-order valence-electron chi connectivity index (χ3n) is 5.32. The number of nitrogens with zero attached hydrogens (tertiary/aromatic N) is 2. The largest absolute Gasteiger partial charge is 0.334 e. The van der Waals surface area contributed by atoms with Gasteiger partial charge in [0.2, 0.25) is 11.8 Å². The topological polar surface area (TPSA) is 57.7 Å². The van der Waals surface area contributed by atoms with Crippen LogP contribution in [-0.2, 0) is 9.59 Å². The van der Waals surface area contributed by atoms with Gasteiger partial charge in [0.15, 0.2) is 0 Å². The summed E-state index contributed by atoms with van der Waals surface area (Å²) in [4.78, 5) is 40.7. The molecule has 0 saturated carbocycles. The van der Waals surface area contributed by atoms with Gasteiger partial charge in [-0.2, -0.15) is 0 Å². The minimum Gasteiger partial charge on any atom is -0.334 e. The molecule has 0 aromatic heterocycles. The average molecular weight is 324 g/mol. The summed E-state index contributed by atoms with van der Waals surface area (Å²) in [6.45, 7) is 2.83. The zero-order valence-electron chi connectivity index (χ0n) is 13.6. The molecule has 2 heterocycles. The number of carbonyl (C=O) groups excluding carboxylic acids is 3. The quantitative estimate of drug-likeness (QED) is 0.615. The Bertz CT molecular complexity index is 723. The van der Waals surface area contributed by atoms with E-state index in [0.717, 1.165) is 5.56 Å². The van der Waals surface area contributed by atoms with Gasteiger partial charge in [0.05, 0.1) is 17.9 Å². The molecule has 0 spiro atoms. The number of hydrogen-bond donors (Lipinski definition) is 0. The Kier molecular flexibility index (Phi) is 3.52. The molecule has 3 amide bonds. The molecule has 2 aliphatic heterocycles. The zero-order valence-corrected chi connectivity index (χ0v) is 13.6. The van der Waals surface area contributed by atoms with Gasteiger partial charge in [-0.1, -0.05) is 29.8 Å². The van der Waals surface area contributed by atoms with Crippen LogP contribution in [0.3, 0.4) is 0 Å². The lowest BCUT2D eigenvalue weighted by atomic mass is 9.85. The summed E-state index contributed by atoms with van der Waals surface area (Å²) in [5.74, 6) is -0.523. The van der Waals surface area contributed by atoms with Crippen molar-refractivity contribution in [3.8, 4) is 0 Å². The second-order valence-corrected chi connectivity index (χ2v) is 6.94. The maximum absolute atomic E-state index is 12.5. The summed E-state index contributed by atoms with van der Waals surface area (Å²) in [7, 11) is 0. The molecule has 5 heteroatoms. The fraction of sp³-hybridized carbons (Fsp3) is 0.421. The molecule has 0 N–H and O–H groups in total. The first kappa shape index (κ1) is 15.1. The molecule has 4 rings (SSSR count). The molecule has 0 bridgehead atoms. The van der Waals surface area contributed by atoms with Crippen LogP contribution in [0.4, 0.5) is 0 Å². The maximum atomic E-state index is 12.5. The van der Waals surface area contributed by atoms with Gasteiger partial charge in [0.25, 0.3) is 5.91 Å². The van der Waals surface area contributed by atoms with Gasteiger partial charge in [-0.05, 0) is 31.9 Å². The lowest BCUT2D eigenvalue weighted by Crippen LogP contribution is -2.62. The number of amides is 3. The van der Waals surface area contributed by atoms with E-state index in [2.05, 4.69) is 0 Å². The van der Waals surface area contributed by atoms with Gasteiger partial charge < -0.3 is 4.90 Å². The number of likely N-dealkylation sites (tertiary alicyclic amines) is 2. The lowest BCUT2D eigenvalue weighted by Gasteiger charge is -2.43. The fourth-order valence-corrected chi connectivity index (χ4v) is 3.93. The predicted octanol–water partition coefficient (Wildman–Crippen LogP) is 1.77. The van der Waals surface area contributed by atoms with Crippen molar-refractivity contribution in [1.29, 1.82) is 0 Å². The third-order valence-corrected chi connectivity index (χ3v) is 5.32. The van der Waals surface area contributed by atoms with Crippen molar-refractivity contribution >= 4 is 17.7 Å². The Morgan fingerprint density at radius 1 is 1.04 bits per heavy atom. The highest BCUT2D eigenvalue weighted by Crippen LogP contribution is 2.37. The van der Waals surface area contributed by atoms with Crippen LogP contribution in [0.25, 0.3) is 0 Å². The minimum absolute atomic E-state index is 0.0341. The van der Waals surface area contributed by atoms with Crippen molar-refractivity contribution < 1.29 is 14.4 Å². The summed E-state index contributed by atoms with van der Waals surface area (Å²) in [5, 5.41) is 0. The number of fused-ring (bicyclic) bond motifs is 1. The summed E-state index contributed by atoms with van der Waals surface area (Å²) < 4.78 is 0. The highest BCUT2D eigenvalue weighted by molar-refractivity contribution is 6.06. The van der Waals surface area contributed by atoms with Crippen LogP contribution in [0.1, 0.15) is 28.8 Å². The van der Waals surface area contributed by atoms with E-state index >= 15 is 0 Å². The van der Waals surface area contributed by atoms with Crippen LogP contribution in [0.2, 0.25) is 0 Å². The normalized spacial score (nSPS) is 26.5. The van der Waals surface area contributed by atoms with Gasteiger partial charge in [0.1, 0.15) is 0 Å². The predicted molar refractivity (Wildman–Crippen MR) is 88.1 cm³/mol. The fourth-order valence-electron chi connectivity index (χ4n) is 3.93. The van der Waals surface area contributed by atoms with E-state index in [1.807, 2.05) is 37.3 Å². The van der Waals surface area contributed by atoms with Gasteiger partial charge in [0, 0.05) is 18.7 Å². The number of allylic oxidation sites excluding steroid dienone is 2. The molecule has 3 aliphatic rings. The molecule has 2 saturated heterocycles. The molecule has 1 aliphatic carbocycles. The monoisotopic (exact) mass is 324 g/mol. The van der Waals surface area contributed by atoms with Crippen molar-refractivity contribution in [3.05, 3.63) is 47.5 Å². The Labute approximate surface area is 140 Å². The number of rotatable bonds is 2. The van der Waals surface area contributed by atoms with Crippen LogP contribution in [0.15, 0.2) is 36.4 Å². The van der Waals surface area contributed by atoms with Crippen LogP contribution in [-0.4, -0.2) is 46.7 Å². The van der Waals surface area contributed by atoms with Gasteiger partial charge in [-0.3, -0.25) is 19.3 Å². The number of benzene rings is 1. The Morgan fingerprint density at radius 2 is 1.67 bits per heavy atom. The average Bonchev–Trinajstić information content (AvgIpc) is 2.79. The van der Waals surface area contributed by atoms with E-state index in [1.165, 1.54) is 4.90 Å². The van der Waals surface area contributed by atoms with Crippen molar-refractivity contribution in [2.24, 2.45) is 11.8 Å². The van der Waals surface area contributed by atoms with E-state index in [-0.39, 0.29) is 35.6 Å². The SMILES string of the molecule is Cc1cccc(C(=O)N2CC(N3C(=O)C4CC=CCC4C3=O)C2)c1. The first-order valence-corrected chi connectivity index (χ1v) is 8.44. The van der Waals surface area contributed by atoms with Crippen LogP contribution < -0.4 is 0 Å². The molecule has 0 radical (unpaired) electrons. The number of aryl methyl sites for hydroxylation is 1. The van der Waals surface area contributed by atoms with Crippen molar-refractivity contribution in [2.75, 3.05) is 13.1 Å². The van der Waals surface area contributed by atoms with E-state index in [1.54, 1.807) is 11.0 Å². The highest BCUT2D eigenvalue weighted by atomic mass is 16.2. The molecular formula is C19H20N2O3.